The molecule has 2 atom stereocenters. The van der Waals surface area contributed by atoms with E-state index in [0.717, 1.165) is 19.4 Å². The van der Waals surface area contributed by atoms with Gasteiger partial charge in [0.05, 0.1) is 12.7 Å². The van der Waals surface area contributed by atoms with Crippen LogP contribution in [0.25, 0.3) is 0 Å². The third-order valence-electron chi connectivity index (χ3n) is 3.31. The van der Waals surface area contributed by atoms with Crippen molar-refractivity contribution >= 4 is 0 Å². The van der Waals surface area contributed by atoms with Gasteiger partial charge >= 0.3 is 0 Å². The molecule has 0 aromatic carbocycles. The van der Waals surface area contributed by atoms with Crippen LogP contribution in [0.5, 0.6) is 0 Å². The van der Waals surface area contributed by atoms with Gasteiger partial charge in [0.1, 0.15) is 0 Å². The molecule has 0 spiro atoms. The van der Waals surface area contributed by atoms with E-state index in [1.165, 1.54) is 19.3 Å². The molecular formula is C15H33NO2. The fraction of sp³-hybridized carbons (Fsp3) is 1.00. The normalized spacial score (nSPS) is 15.0. The third kappa shape index (κ3) is 9.86. The number of hydrogen-bond donors (Lipinski definition) is 2. The van der Waals surface area contributed by atoms with E-state index in [2.05, 4.69) is 33.0 Å². The van der Waals surface area contributed by atoms with Crippen molar-refractivity contribution in [2.75, 3.05) is 19.8 Å². The minimum absolute atomic E-state index is 0.385. The van der Waals surface area contributed by atoms with Crippen molar-refractivity contribution in [3.8, 4) is 0 Å². The van der Waals surface area contributed by atoms with Crippen LogP contribution in [-0.4, -0.2) is 37.0 Å². The molecule has 18 heavy (non-hydrogen) atoms. The molecule has 0 saturated heterocycles. The van der Waals surface area contributed by atoms with Crippen LogP contribution in [0.2, 0.25) is 0 Å². The smallest absolute Gasteiger partial charge is 0.0897 e. The Balaban J connectivity index is 3.44. The minimum atomic E-state index is -0.385. The number of aliphatic hydroxyl groups is 1. The average molecular weight is 259 g/mol. The first-order valence-corrected chi connectivity index (χ1v) is 7.60. The Morgan fingerprint density at radius 3 is 2.39 bits per heavy atom. The van der Waals surface area contributed by atoms with Crippen LogP contribution >= 0.6 is 0 Å². The van der Waals surface area contributed by atoms with Gasteiger partial charge in [-0.25, -0.2) is 0 Å². The van der Waals surface area contributed by atoms with Gasteiger partial charge in [0, 0.05) is 19.2 Å². The monoisotopic (exact) mass is 259 g/mol. The van der Waals surface area contributed by atoms with Gasteiger partial charge in [-0.1, -0.05) is 47.0 Å². The largest absolute Gasteiger partial charge is 0.389 e. The molecule has 0 aliphatic rings. The molecule has 0 aromatic heterocycles. The number of ether oxygens (including phenoxy) is 1. The van der Waals surface area contributed by atoms with Crippen LogP contribution in [0.3, 0.4) is 0 Å². The topological polar surface area (TPSA) is 41.5 Å². The van der Waals surface area contributed by atoms with Gasteiger partial charge in [-0.05, 0) is 18.8 Å². The summed E-state index contributed by atoms with van der Waals surface area (Å²) in [6.45, 7) is 10.6. The van der Waals surface area contributed by atoms with Crippen molar-refractivity contribution in [1.82, 2.24) is 5.32 Å². The molecule has 0 heterocycles. The summed E-state index contributed by atoms with van der Waals surface area (Å²) in [5, 5.41) is 13.2. The average Bonchev–Trinajstić information content (AvgIpc) is 2.34. The second-order valence-corrected chi connectivity index (χ2v) is 5.46. The maximum absolute atomic E-state index is 9.79. The van der Waals surface area contributed by atoms with E-state index in [1.54, 1.807) is 0 Å². The van der Waals surface area contributed by atoms with Crippen molar-refractivity contribution in [3.63, 3.8) is 0 Å². The summed E-state index contributed by atoms with van der Waals surface area (Å²) in [4.78, 5) is 0. The minimum Gasteiger partial charge on any atom is -0.389 e. The molecule has 0 fully saturated rings. The Labute approximate surface area is 113 Å². The molecule has 0 saturated carbocycles. The number of nitrogens with one attached hydrogen (secondary N) is 1. The van der Waals surface area contributed by atoms with Crippen LogP contribution in [-0.2, 0) is 4.74 Å². The zero-order valence-electron chi connectivity index (χ0n) is 12.7. The predicted octanol–water partition coefficient (Wildman–Crippen LogP) is 2.97. The number of rotatable bonds is 12. The van der Waals surface area contributed by atoms with Crippen molar-refractivity contribution < 1.29 is 9.84 Å². The summed E-state index contributed by atoms with van der Waals surface area (Å²) in [6, 6.07) is 0.490. The highest BCUT2D eigenvalue weighted by Gasteiger charge is 2.12. The summed E-state index contributed by atoms with van der Waals surface area (Å²) in [5.74, 6) is 0.608. The summed E-state index contributed by atoms with van der Waals surface area (Å²) in [5.41, 5.74) is 0. The fourth-order valence-electron chi connectivity index (χ4n) is 2.05. The van der Waals surface area contributed by atoms with Crippen LogP contribution in [0, 0.1) is 5.92 Å². The molecule has 3 heteroatoms. The zero-order chi connectivity index (χ0) is 13.8. The maximum Gasteiger partial charge on any atom is 0.0897 e. The van der Waals surface area contributed by atoms with Crippen molar-refractivity contribution in [2.24, 2.45) is 5.92 Å². The summed E-state index contributed by atoms with van der Waals surface area (Å²) in [7, 11) is 0. The highest BCUT2D eigenvalue weighted by Crippen LogP contribution is 2.05. The van der Waals surface area contributed by atoms with Crippen LogP contribution in [0.15, 0.2) is 0 Å². The first-order valence-electron chi connectivity index (χ1n) is 7.60. The Morgan fingerprint density at radius 2 is 1.83 bits per heavy atom. The van der Waals surface area contributed by atoms with E-state index in [1.807, 2.05) is 0 Å². The second kappa shape index (κ2) is 11.9. The van der Waals surface area contributed by atoms with E-state index in [0.29, 0.717) is 25.1 Å². The van der Waals surface area contributed by atoms with Crippen LogP contribution in [0.1, 0.15) is 59.8 Å². The lowest BCUT2D eigenvalue weighted by atomic mass is 10.0. The number of unbranched alkanes of at least 4 members (excludes halogenated alkanes) is 3. The van der Waals surface area contributed by atoms with Crippen molar-refractivity contribution in [2.45, 2.75) is 71.9 Å². The number of aliphatic hydroxyl groups excluding tert-OH is 1. The molecule has 0 amide bonds. The molecule has 0 aliphatic carbocycles. The fourth-order valence-corrected chi connectivity index (χ4v) is 2.05. The van der Waals surface area contributed by atoms with Gasteiger partial charge in [0.15, 0.2) is 0 Å². The second-order valence-electron chi connectivity index (χ2n) is 5.46. The van der Waals surface area contributed by atoms with E-state index in [4.69, 9.17) is 4.74 Å². The quantitative estimate of drug-likeness (QED) is 0.529. The summed E-state index contributed by atoms with van der Waals surface area (Å²) in [6.07, 6.45) is 5.58. The third-order valence-corrected chi connectivity index (χ3v) is 3.31. The van der Waals surface area contributed by atoms with E-state index in [9.17, 15) is 5.11 Å². The lowest BCUT2D eigenvalue weighted by Gasteiger charge is -2.22. The first kappa shape index (κ1) is 17.9. The van der Waals surface area contributed by atoms with Crippen LogP contribution < -0.4 is 5.32 Å². The maximum atomic E-state index is 9.79. The van der Waals surface area contributed by atoms with E-state index < -0.39 is 0 Å². The standard InChI is InChI=1S/C15H33NO2/c1-5-7-8-9-10-18-12-14(17)11-16-15(6-2)13(3)4/h13-17H,5-12H2,1-4H3. The highest BCUT2D eigenvalue weighted by atomic mass is 16.5. The van der Waals surface area contributed by atoms with Gasteiger partial charge < -0.3 is 15.2 Å². The molecular weight excluding hydrogens is 226 g/mol. The Morgan fingerprint density at radius 1 is 1.11 bits per heavy atom. The number of hydrogen-bond acceptors (Lipinski definition) is 3. The van der Waals surface area contributed by atoms with E-state index >= 15 is 0 Å². The molecule has 3 nitrogen and oxygen atoms in total. The SMILES string of the molecule is CCCCCCOCC(O)CNC(CC)C(C)C. The Kier molecular flexibility index (Phi) is 11.9. The molecule has 2 unspecified atom stereocenters. The van der Waals surface area contributed by atoms with Gasteiger partial charge in [0.25, 0.3) is 0 Å². The molecule has 0 aromatic rings. The molecule has 0 radical (unpaired) electrons. The highest BCUT2D eigenvalue weighted by molar-refractivity contribution is 4.70. The van der Waals surface area contributed by atoms with Gasteiger partial charge in [0.2, 0.25) is 0 Å². The lowest BCUT2D eigenvalue weighted by molar-refractivity contribution is 0.0333. The molecule has 2 N–H and O–H groups in total. The van der Waals surface area contributed by atoms with Gasteiger partial charge in [-0.15, -0.1) is 0 Å². The Hall–Kier alpha value is -0.120. The Bertz CT molecular complexity index is 174. The van der Waals surface area contributed by atoms with Crippen molar-refractivity contribution in [1.29, 1.82) is 0 Å². The molecule has 0 rings (SSSR count). The molecule has 110 valence electrons. The summed E-state index contributed by atoms with van der Waals surface area (Å²) < 4.78 is 5.48. The lowest BCUT2D eigenvalue weighted by Crippen LogP contribution is -2.39. The summed E-state index contributed by atoms with van der Waals surface area (Å²) >= 11 is 0. The first-order chi connectivity index (χ1) is 8.61. The van der Waals surface area contributed by atoms with Crippen LogP contribution in [0.4, 0.5) is 0 Å². The zero-order valence-corrected chi connectivity index (χ0v) is 12.7. The van der Waals surface area contributed by atoms with Gasteiger partial charge in [-0.2, -0.15) is 0 Å². The predicted molar refractivity (Wildman–Crippen MR) is 77.9 cm³/mol. The van der Waals surface area contributed by atoms with Crippen molar-refractivity contribution in [3.05, 3.63) is 0 Å². The molecule has 0 bridgehead atoms. The van der Waals surface area contributed by atoms with E-state index in [-0.39, 0.29) is 6.10 Å². The molecule has 0 aliphatic heterocycles. The van der Waals surface area contributed by atoms with Gasteiger partial charge in [-0.3, -0.25) is 0 Å².